The van der Waals surface area contributed by atoms with Gasteiger partial charge in [0.1, 0.15) is 0 Å². The Bertz CT molecular complexity index is 179. The summed E-state index contributed by atoms with van der Waals surface area (Å²) in [6, 6.07) is 0.535. The van der Waals surface area contributed by atoms with Gasteiger partial charge in [0.05, 0.1) is 0 Å². The van der Waals surface area contributed by atoms with Crippen molar-refractivity contribution in [2.75, 3.05) is 20.6 Å². The van der Waals surface area contributed by atoms with Crippen LogP contribution in [0.15, 0.2) is 0 Å². The Morgan fingerprint density at radius 1 is 1.13 bits per heavy atom. The zero-order valence-electron chi connectivity index (χ0n) is 11.9. The minimum absolute atomic E-state index is 0.292. The molecule has 0 amide bonds. The van der Waals surface area contributed by atoms with Gasteiger partial charge in [0, 0.05) is 18.1 Å². The van der Waals surface area contributed by atoms with Gasteiger partial charge in [-0.3, -0.25) is 4.90 Å². The van der Waals surface area contributed by atoms with E-state index in [0.717, 1.165) is 6.54 Å². The molecule has 0 heterocycles. The van der Waals surface area contributed by atoms with Crippen molar-refractivity contribution >= 4 is 0 Å². The Labute approximate surface area is 96.4 Å². The number of hydrogen-bond donors (Lipinski definition) is 1. The molecule has 0 saturated carbocycles. The summed E-state index contributed by atoms with van der Waals surface area (Å²) in [7, 11) is 4.28. The van der Waals surface area contributed by atoms with Crippen LogP contribution in [0.3, 0.4) is 0 Å². The molecule has 92 valence electrons. The van der Waals surface area contributed by atoms with E-state index in [9.17, 15) is 0 Å². The minimum atomic E-state index is 0.292. The molecule has 2 nitrogen and oxygen atoms in total. The molecule has 1 N–H and O–H groups in total. The van der Waals surface area contributed by atoms with E-state index in [4.69, 9.17) is 0 Å². The van der Waals surface area contributed by atoms with Crippen LogP contribution in [0.2, 0.25) is 0 Å². The van der Waals surface area contributed by atoms with E-state index in [0.29, 0.717) is 17.0 Å². The molecule has 0 aromatic carbocycles. The average molecular weight is 214 g/mol. The van der Waals surface area contributed by atoms with E-state index in [1.165, 1.54) is 6.42 Å². The molecule has 0 bridgehead atoms. The Kier molecular flexibility index (Phi) is 5.28. The molecular formula is C13H30N2. The second kappa shape index (κ2) is 5.31. The third-order valence-corrected chi connectivity index (χ3v) is 3.75. The van der Waals surface area contributed by atoms with Crippen LogP contribution in [0.25, 0.3) is 0 Å². The van der Waals surface area contributed by atoms with Crippen LogP contribution >= 0.6 is 0 Å². The first-order valence-electron chi connectivity index (χ1n) is 6.03. The van der Waals surface area contributed by atoms with Crippen molar-refractivity contribution in [1.82, 2.24) is 10.2 Å². The van der Waals surface area contributed by atoms with Gasteiger partial charge in [0.25, 0.3) is 0 Å². The van der Waals surface area contributed by atoms with Gasteiger partial charge in [0.2, 0.25) is 0 Å². The number of nitrogens with one attached hydrogen (secondary N) is 1. The first-order valence-corrected chi connectivity index (χ1v) is 6.03. The Morgan fingerprint density at radius 3 is 1.87 bits per heavy atom. The van der Waals surface area contributed by atoms with Crippen molar-refractivity contribution in [3.8, 4) is 0 Å². The number of rotatable bonds is 5. The third-order valence-electron chi connectivity index (χ3n) is 3.75. The quantitative estimate of drug-likeness (QED) is 0.757. The Hall–Kier alpha value is -0.0800. The molecular weight excluding hydrogens is 184 g/mol. The van der Waals surface area contributed by atoms with Crippen LogP contribution in [0, 0.1) is 5.41 Å². The molecule has 0 aliphatic heterocycles. The lowest BCUT2D eigenvalue weighted by Gasteiger charge is -2.40. The fourth-order valence-corrected chi connectivity index (χ4v) is 1.59. The third kappa shape index (κ3) is 4.52. The summed E-state index contributed by atoms with van der Waals surface area (Å²) in [4.78, 5) is 2.46. The van der Waals surface area contributed by atoms with Crippen molar-refractivity contribution in [3.63, 3.8) is 0 Å². The van der Waals surface area contributed by atoms with E-state index in [-0.39, 0.29) is 0 Å². The predicted octanol–water partition coefficient (Wildman–Crippen LogP) is 2.74. The van der Waals surface area contributed by atoms with Crippen LogP contribution in [-0.4, -0.2) is 37.1 Å². The molecule has 0 radical (unpaired) electrons. The summed E-state index contributed by atoms with van der Waals surface area (Å²) in [6.45, 7) is 14.8. The van der Waals surface area contributed by atoms with Gasteiger partial charge >= 0.3 is 0 Å². The molecule has 0 spiro atoms. The van der Waals surface area contributed by atoms with E-state index in [2.05, 4.69) is 65.9 Å². The van der Waals surface area contributed by atoms with Crippen LogP contribution < -0.4 is 5.32 Å². The largest absolute Gasteiger partial charge is 0.315 e. The van der Waals surface area contributed by atoms with E-state index in [1.54, 1.807) is 0 Å². The molecule has 0 saturated heterocycles. The van der Waals surface area contributed by atoms with E-state index in [1.807, 2.05) is 0 Å². The number of nitrogens with zero attached hydrogens (tertiary/aromatic N) is 1. The van der Waals surface area contributed by atoms with Gasteiger partial charge < -0.3 is 5.32 Å². The summed E-state index contributed by atoms with van der Waals surface area (Å²) < 4.78 is 0. The zero-order valence-corrected chi connectivity index (χ0v) is 11.9. The van der Waals surface area contributed by atoms with Crippen LogP contribution in [-0.2, 0) is 0 Å². The summed E-state index contributed by atoms with van der Waals surface area (Å²) in [5.74, 6) is 0. The molecule has 15 heavy (non-hydrogen) atoms. The zero-order chi connectivity index (χ0) is 12.3. The molecule has 1 atom stereocenters. The predicted molar refractivity (Wildman–Crippen MR) is 69.3 cm³/mol. The van der Waals surface area contributed by atoms with Crippen LogP contribution in [0.4, 0.5) is 0 Å². The highest BCUT2D eigenvalue weighted by Gasteiger charge is 2.28. The second-order valence-corrected chi connectivity index (χ2v) is 6.25. The summed E-state index contributed by atoms with van der Waals surface area (Å²) in [6.07, 6.45) is 1.18. The second-order valence-electron chi connectivity index (χ2n) is 6.25. The van der Waals surface area contributed by atoms with E-state index < -0.39 is 0 Å². The fourth-order valence-electron chi connectivity index (χ4n) is 1.59. The number of likely N-dealkylation sites (N-methyl/N-ethyl adjacent to an activating group) is 2. The van der Waals surface area contributed by atoms with E-state index >= 15 is 0 Å². The summed E-state index contributed by atoms with van der Waals surface area (Å²) >= 11 is 0. The Balaban J connectivity index is 4.44. The molecule has 1 unspecified atom stereocenters. The molecule has 0 aliphatic carbocycles. The normalized spacial score (nSPS) is 15.8. The number of hydrogen-bond acceptors (Lipinski definition) is 2. The van der Waals surface area contributed by atoms with Gasteiger partial charge in [-0.25, -0.2) is 0 Å². The fraction of sp³-hybridized carbons (Fsp3) is 1.00. The van der Waals surface area contributed by atoms with Gasteiger partial charge in [-0.2, -0.15) is 0 Å². The molecule has 0 aliphatic rings. The van der Waals surface area contributed by atoms with Gasteiger partial charge in [-0.05, 0) is 39.8 Å². The smallest absolute Gasteiger partial charge is 0.0240 e. The lowest BCUT2D eigenvalue weighted by molar-refractivity contribution is 0.108. The highest BCUT2D eigenvalue weighted by atomic mass is 15.2. The van der Waals surface area contributed by atoms with Crippen molar-refractivity contribution < 1.29 is 0 Å². The molecule has 0 rings (SSSR count). The lowest BCUT2D eigenvalue weighted by Crippen LogP contribution is -2.51. The maximum Gasteiger partial charge on any atom is 0.0240 e. The molecule has 0 aromatic heterocycles. The maximum atomic E-state index is 3.43. The van der Waals surface area contributed by atoms with Gasteiger partial charge in [0.15, 0.2) is 0 Å². The lowest BCUT2D eigenvalue weighted by atomic mass is 9.85. The SMILES string of the molecule is CCC(C)(C)N(C)CC(NC)C(C)(C)C. The molecule has 0 fully saturated rings. The monoisotopic (exact) mass is 214 g/mol. The van der Waals surface area contributed by atoms with Gasteiger partial charge in [-0.15, -0.1) is 0 Å². The van der Waals surface area contributed by atoms with Crippen LogP contribution in [0.5, 0.6) is 0 Å². The average Bonchev–Trinajstić information content (AvgIpc) is 2.11. The van der Waals surface area contributed by atoms with Crippen molar-refractivity contribution in [2.24, 2.45) is 5.41 Å². The van der Waals surface area contributed by atoms with Gasteiger partial charge in [-0.1, -0.05) is 27.7 Å². The van der Waals surface area contributed by atoms with Crippen molar-refractivity contribution in [2.45, 2.75) is 59.5 Å². The summed E-state index contributed by atoms with van der Waals surface area (Å²) in [5, 5.41) is 3.43. The molecule has 0 aromatic rings. The first kappa shape index (κ1) is 14.9. The Morgan fingerprint density at radius 2 is 1.60 bits per heavy atom. The summed E-state index contributed by atoms with van der Waals surface area (Å²) in [5.41, 5.74) is 0.604. The minimum Gasteiger partial charge on any atom is -0.315 e. The molecule has 2 heteroatoms. The first-order chi connectivity index (χ1) is 6.65. The van der Waals surface area contributed by atoms with Crippen molar-refractivity contribution in [3.05, 3.63) is 0 Å². The standard InChI is InChI=1S/C13H30N2/c1-9-13(5,6)15(8)10-11(14-7)12(2,3)4/h11,14H,9-10H2,1-8H3. The highest BCUT2D eigenvalue weighted by Crippen LogP contribution is 2.23. The van der Waals surface area contributed by atoms with Crippen molar-refractivity contribution in [1.29, 1.82) is 0 Å². The highest BCUT2D eigenvalue weighted by molar-refractivity contribution is 4.86. The van der Waals surface area contributed by atoms with Crippen LogP contribution in [0.1, 0.15) is 48.0 Å². The topological polar surface area (TPSA) is 15.3 Å². The maximum absolute atomic E-state index is 3.43.